The van der Waals surface area contributed by atoms with Crippen molar-refractivity contribution in [1.29, 1.82) is 0 Å². The first-order valence-electron chi connectivity index (χ1n) is 6.43. The largest absolute Gasteiger partial charge is 0.331 e. The highest BCUT2D eigenvalue weighted by Crippen LogP contribution is 2.11. The number of aromatic nitrogens is 2. The van der Waals surface area contributed by atoms with Crippen LogP contribution in [-0.2, 0) is 0 Å². The van der Waals surface area contributed by atoms with Gasteiger partial charge in [0.2, 0.25) is 0 Å². The van der Waals surface area contributed by atoms with Crippen molar-refractivity contribution < 1.29 is 0 Å². The van der Waals surface area contributed by atoms with Gasteiger partial charge in [-0.15, -0.1) is 0 Å². The standard InChI is InChI=1S/C15H11IN4OS/c16-10-6-7-13-12(8-10)14(21)20(9-17-13)19-15(22)18-11-4-2-1-3-5-11/h1-9H,(H2,18,19,22). The predicted molar refractivity (Wildman–Crippen MR) is 101 cm³/mol. The van der Waals surface area contributed by atoms with Gasteiger partial charge in [-0.3, -0.25) is 10.2 Å². The van der Waals surface area contributed by atoms with Gasteiger partial charge < -0.3 is 5.32 Å². The summed E-state index contributed by atoms with van der Waals surface area (Å²) in [5.41, 5.74) is 4.14. The molecule has 0 unspecified atom stereocenters. The number of nitrogens with zero attached hydrogens (tertiary/aromatic N) is 2. The van der Waals surface area contributed by atoms with Crippen LogP contribution in [0.1, 0.15) is 0 Å². The topological polar surface area (TPSA) is 59.0 Å². The number of nitrogens with one attached hydrogen (secondary N) is 2. The van der Waals surface area contributed by atoms with Gasteiger partial charge in [0.15, 0.2) is 5.11 Å². The van der Waals surface area contributed by atoms with Crippen LogP contribution < -0.4 is 16.3 Å². The van der Waals surface area contributed by atoms with E-state index in [1.165, 1.54) is 11.0 Å². The maximum Gasteiger partial charge on any atom is 0.280 e. The normalized spacial score (nSPS) is 10.4. The van der Waals surface area contributed by atoms with Crippen molar-refractivity contribution in [3.63, 3.8) is 0 Å². The van der Waals surface area contributed by atoms with Gasteiger partial charge in [-0.25, -0.2) is 9.66 Å². The molecule has 0 aliphatic heterocycles. The Hall–Kier alpha value is -2.00. The molecule has 0 amide bonds. The first kappa shape index (κ1) is 14.9. The van der Waals surface area contributed by atoms with E-state index in [4.69, 9.17) is 12.2 Å². The minimum atomic E-state index is -0.194. The van der Waals surface area contributed by atoms with Crippen LogP contribution in [0.3, 0.4) is 0 Å². The van der Waals surface area contributed by atoms with Crippen LogP contribution in [0, 0.1) is 3.57 Å². The summed E-state index contributed by atoms with van der Waals surface area (Å²) in [6.07, 6.45) is 1.43. The molecule has 0 radical (unpaired) electrons. The molecule has 1 heterocycles. The number of para-hydroxylation sites is 1. The number of anilines is 1. The molecule has 0 spiro atoms. The average molecular weight is 422 g/mol. The number of benzene rings is 2. The molecular weight excluding hydrogens is 411 g/mol. The summed E-state index contributed by atoms with van der Waals surface area (Å²) >= 11 is 7.38. The van der Waals surface area contributed by atoms with Gasteiger partial charge in [0, 0.05) is 9.26 Å². The fraction of sp³-hybridized carbons (Fsp3) is 0. The maximum absolute atomic E-state index is 12.4. The molecule has 0 fully saturated rings. The summed E-state index contributed by atoms with van der Waals surface area (Å²) in [7, 11) is 0. The molecule has 0 bridgehead atoms. The van der Waals surface area contributed by atoms with Gasteiger partial charge in [0.05, 0.1) is 10.9 Å². The summed E-state index contributed by atoms with van der Waals surface area (Å²) in [5, 5.41) is 3.87. The molecule has 0 atom stereocenters. The Kier molecular flexibility index (Phi) is 4.34. The third kappa shape index (κ3) is 3.25. The van der Waals surface area contributed by atoms with Crippen LogP contribution >= 0.6 is 34.8 Å². The summed E-state index contributed by atoms with van der Waals surface area (Å²) in [6, 6.07) is 15.0. The second-order valence-corrected chi connectivity index (χ2v) is 6.17. The molecular formula is C15H11IN4OS. The first-order chi connectivity index (χ1) is 10.6. The molecule has 1 aromatic heterocycles. The molecule has 0 saturated heterocycles. The quantitative estimate of drug-likeness (QED) is 0.492. The summed E-state index contributed by atoms with van der Waals surface area (Å²) in [6.45, 7) is 0. The van der Waals surface area contributed by atoms with Gasteiger partial charge in [-0.05, 0) is 65.1 Å². The second kappa shape index (κ2) is 6.41. The van der Waals surface area contributed by atoms with Gasteiger partial charge >= 0.3 is 0 Å². The Morgan fingerprint density at radius 2 is 1.95 bits per heavy atom. The van der Waals surface area contributed by atoms with E-state index in [1.54, 1.807) is 6.07 Å². The number of rotatable bonds is 2. The maximum atomic E-state index is 12.4. The van der Waals surface area contributed by atoms with E-state index in [-0.39, 0.29) is 5.56 Å². The Morgan fingerprint density at radius 1 is 1.18 bits per heavy atom. The molecule has 0 aliphatic rings. The minimum absolute atomic E-state index is 0.194. The molecule has 5 nitrogen and oxygen atoms in total. The first-order valence-corrected chi connectivity index (χ1v) is 7.92. The molecule has 0 saturated carbocycles. The highest BCUT2D eigenvalue weighted by molar-refractivity contribution is 14.1. The van der Waals surface area contributed by atoms with Crippen LogP contribution in [-0.4, -0.2) is 14.8 Å². The van der Waals surface area contributed by atoms with Gasteiger partial charge in [0.1, 0.15) is 6.33 Å². The molecule has 2 aromatic carbocycles. The van der Waals surface area contributed by atoms with Crippen molar-refractivity contribution >= 4 is 56.5 Å². The third-order valence-electron chi connectivity index (χ3n) is 2.97. The Morgan fingerprint density at radius 3 is 2.73 bits per heavy atom. The number of hydrogen-bond acceptors (Lipinski definition) is 3. The molecule has 110 valence electrons. The van der Waals surface area contributed by atoms with E-state index in [9.17, 15) is 4.79 Å². The minimum Gasteiger partial charge on any atom is -0.331 e. The van der Waals surface area contributed by atoms with Crippen LogP contribution in [0.2, 0.25) is 0 Å². The predicted octanol–water partition coefficient (Wildman–Crippen LogP) is 2.94. The SMILES string of the molecule is O=c1c2cc(I)ccc2ncn1NC(=S)Nc1ccccc1. The van der Waals surface area contributed by atoms with Crippen LogP contribution in [0.15, 0.2) is 59.7 Å². The van der Waals surface area contributed by atoms with E-state index < -0.39 is 0 Å². The number of fused-ring (bicyclic) bond motifs is 1. The fourth-order valence-electron chi connectivity index (χ4n) is 1.96. The van der Waals surface area contributed by atoms with E-state index in [1.807, 2.05) is 42.5 Å². The molecule has 3 aromatic rings. The van der Waals surface area contributed by atoms with Gasteiger partial charge in [-0.2, -0.15) is 0 Å². The summed E-state index contributed by atoms with van der Waals surface area (Å²) in [5.74, 6) is 0. The molecule has 7 heteroatoms. The number of hydrogen-bond donors (Lipinski definition) is 2. The Balaban J connectivity index is 1.86. The number of thiocarbonyl (C=S) groups is 1. The van der Waals surface area contributed by atoms with Crippen molar-refractivity contribution in [3.05, 3.63) is 68.8 Å². The smallest absolute Gasteiger partial charge is 0.280 e. The second-order valence-electron chi connectivity index (χ2n) is 4.51. The molecule has 22 heavy (non-hydrogen) atoms. The number of halogens is 1. The van der Waals surface area contributed by atoms with Crippen molar-refractivity contribution in [2.45, 2.75) is 0 Å². The zero-order valence-electron chi connectivity index (χ0n) is 11.3. The lowest BCUT2D eigenvalue weighted by molar-refractivity contribution is 0.896. The van der Waals surface area contributed by atoms with Crippen LogP contribution in [0.5, 0.6) is 0 Å². The lowest BCUT2D eigenvalue weighted by atomic mass is 10.2. The van der Waals surface area contributed by atoms with E-state index >= 15 is 0 Å². The van der Waals surface area contributed by atoms with Crippen LogP contribution in [0.25, 0.3) is 10.9 Å². The van der Waals surface area contributed by atoms with E-state index in [2.05, 4.69) is 38.3 Å². The van der Waals surface area contributed by atoms with Gasteiger partial charge in [0.25, 0.3) is 5.56 Å². The van der Waals surface area contributed by atoms with Crippen molar-refractivity contribution in [2.24, 2.45) is 0 Å². The Bertz CT molecular complexity index is 895. The highest BCUT2D eigenvalue weighted by atomic mass is 127. The van der Waals surface area contributed by atoms with Gasteiger partial charge in [-0.1, -0.05) is 18.2 Å². The molecule has 2 N–H and O–H groups in total. The highest BCUT2D eigenvalue weighted by Gasteiger charge is 2.06. The monoisotopic (exact) mass is 422 g/mol. The zero-order valence-corrected chi connectivity index (χ0v) is 14.3. The summed E-state index contributed by atoms with van der Waals surface area (Å²) in [4.78, 5) is 16.7. The van der Waals surface area contributed by atoms with Crippen molar-refractivity contribution in [2.75, 3.05) is 10.7 Å². The lowest BCUT2D eigenvalue weighted by Gasteiger charge is -2.12. The zero-order chi connectivity index (χ0) is 15.5. The van der Waals surface area contributed by atoms with E-state index in [0.29, 0.717) is 16.0 Å². The lowest BCUT2D eigenvalue weighted by Crippen LogP contribution is -2.35. The molecule has 0 aliphatic carbocycles. The van der Waals surface area contributed by atoms with Crippen molar-refractivity contribution in [3.8, 4) is 0 Å². The van der Waals surface area contributed by atoms with Crippen LogP contribution in [0.4, 0.5) is 5.69 Å². The Labute approximate surface area is 145 Å². The fourth-order valence-corrected chi connectivity index (χ4v) is 2.67. The third-order valence-corrected chi connectivity index (χ3v) is 3.84. The van der Waals surface area contributed by atoms with E-state index in [0.717, 1.165) is 9.26 Å². The average Bonchev–Trinajstić information content (AvgIpc) is 2.51. The van der Waals surface area contributed by atoms with Crippen molar-refractivity contribution in [1.82, 2.24) is 9.66 Å². The summed E-state index contributed by atoms with van der Waals surface area (Å²) < 4.78 is 2.25. The molecule has 3 rings (SSSR count).